The fraction of sp³-hybridized carbons (Fsp3) is 0.857. The highest BCUT2D eigenvalue weighted by Crippen LogP contribution is 2.43. The summed E-state index contributed by atoms with van der Waals surface area (Å²) in [7, 11) is 0. The topological polar surface area (TPSA) is 26.0 Å². The van der Waals surface area contributed by atoms with Gasteiger partial charge in [0.2, 0.25) is 0 Å². The summed E-state index contributed by atoms with van der Waals surface area (Å²) in [5, 5.41) is 0. The van der Waals surface area contributed by atoms with Gasteiger partial charge >= 0.3 is 0 Å². The molecule has 15 heavy (non-hydrogen) atoms. The van der Waals surface area contributed by atoms with E-state index in [4.69, 9.17) is 5.73 Å². The summed E-state index contributed by atoms with van der Waals surface area (Å²) in [6.45, 7) is 3.80. The largest absolute Gasteiger partial charge is 0.327 e. The lowest BCUT2D eigenvalue weighted by Crippen LogP contribution is -2.37. The first-order valence-corrected chi connectivity index (χ1v) is 6.67. The molecule has 0 aliphatic heterocycles. The van der Waals surface area contributed by atoms with Crippen molar-refractivity contribution in [3.05, 3.63) is 12.7 Å². The highest BCUT2D eigenvalue weighted by Gasteiger charge is 2.33. The van der Waals surface area contributed by atoms with Gasteiger partial charge < -0.3 is 5.73 Å². The zero-order chi connectivity index (χ0) is 10.7. The first kappa shape index (κ1) is 11.2. The van der Waals surface area contributed by atoms with Crippen LogP contribution in [-0.2, 0) is 0 Å². The maximum absolute atomic E-state index is 6.21. The van der Waals surface area contributed by atoms with E-state index in [0.717, 1.165) is 24.2 Å². The van der Waals surface area contributed by atoms with Crippen LogP contribution in [0, 0.1) is 17.8 Å². The van der Waals surface area contributed by atoms with Gasteiger partial charge in [-0.1, -0.05) is 31.8 Å². The normalized spacial score (nSPS) is 38.1. The quantitative estimate of drug-likeness (QED) is 0.704. The third-order valence-electron chi connectivity index (χ3n) is 4.62. The van der Waals surface area contributed by atoms with Crippen LogP contribution in [-0.4, -0.2) is 6.04 Å². The Labute approximate surface area is 94.1 Å². The number of fused-ring (bicyclic) bond motifs is 1. The average molecular weight is 207 g/mol. The predicted molar refractivity (Wildman–Crippen MR) is 65.6 cm³/mol. The van der Waals surface area contributed by atoms with Gasteiger partial charge in [0.05, 0.1) is 0 Å². The molecule has 2 aliphatic rings. The Kier molecular flexibility index (Phi) is 3.85. The fourth-order valence-corrected chi connectivity index (χ4v) is 3.68. The second-order valence-corrected chi connectivity index (χ2v) is 5.57. The van der Waals surface area contributed by atoms with Crippen LogP contribution in [0.25, 0.3) is 0 Å². The van der Waals surface area contributed by atoms with Crippen molar-refractivity contribution in [1.82, 2.24) is 0 Å². The summed E-state index contributed by atoms with van der Waals surface area (Å²) < 4.78 is 0. The van der Waals surface area contributed by atoms with Gasteiger partial charge in [-0.15, -0.1) is 6.58 Å². The lowest BCUT2D eigenvalue weighted by Gasteiger charge is -2.41. The van der Waals surface area contributed by atoms with Gasteiger partial charge in [0.1, 0.15) is 0 Å². The van der Waals surface area contributed by atoms with Crippen LogP contribution in [0.2, 0.25) is 0 Å². The summed E-state index contributed by atoms with van der Waals surface area (Å²) in [6.07, 6.45) is 13.1. The molecule has 2 aliphatic carbocycles. The van der Waals surface area contributed by atoms with Crippen molar-refractivity contribution in [2.24, 2.45) is 23.5 Å². The Bertz CT molecular complexity index is 211. The molecule has 0 spiro atoms. The van der Waals surface area contributed by atoms with Crippen molar-refractivity contribution in [3.8, 4) is 0 Å². The number of nitrogens with two attached hydrogens (primary N) is 1. The summed E-state index contributed by atoms with van der Waals surface area (Å²) in [5.74, 6) is 2.83. The van der Waals surface area contributed by atoms with Crippen LogP contribution < -0.4 is 5.73 Å². The van der Waals surface area contributed by atoms with Crippen molar-refractivity contribution in [3.63, 3.8) is 0 Å². The minimum Gasteiger partial charge on any atom is -0.327 e. The van der Waals surface area contributed by atoms with Gasteiger partial charge in [-0.2, -0.15) is 0 Å². The molecule has 4 atom stereocenters. The molecular weight excluding hydrogens is 182 g/mol. The highest BCUT2D eigenvalue weighted by atomic mass is 14.7. The molecule has 2 fully saturated rings. The summed E-state index contributed by atoms with van der Waals surface area (Å²) in [5.41, 5.74) is 6.21. The van der Waals surface area contributed by atoms with Gasteiger partial charge in [-0.25, -0.2) is 0 Å². The predicted octanol–water partition coefficient (Wildman–Crippen LogP) is 3.50. The monoisotopic (exact) mass is 207 g/mol. The van der Waals surface area contributed by atoms with E-state index in [1.165, 1.54) is 44.9 Å². The van der Waals surface area contributed by atoms with Crippen LogP contribution >= 0.6 is 0 Å². The molecular formula is C14H25N. The average Bonchev–Trinajstić information content (AvgIpc) is 2.29. The molecule has 0 aromatic rings. The third-order valence-corrected chi connectivity index (χ3v) is 4.62. The van der Waals surface area contributed by atoms with Gasteiger partial charge in [0.25, 0.3) is 0 Å². The van der Waals surface area contributed by atoms with E-state index in [9.17, 15) is 0 Å². The van der Waals surface area contributed by atoms with E-state index in [1.54, 1.807) is 0 Å². The Hall–Kier alpha value is -0.300. The number of rotatable bonds is 3. The zero-order valence-corrected chi connectivity index (χ0v) is 9.83. The minimum absolute atomic E-state index is 0.380. The molecule has 0 radical (unpaired) electrons. The van der Waals surface area contributed by atoms with Gasteiger partial charge in [0.15, 0.2) is 0 Å². The molecule has 2 N–H and O–H groups in total. The maximum Gasteiger partial charge on any atom is 0.0102 e. The first-order valence-electron chi connectivity index (χ1n) is 6.67. The molecule has 0 aromatic heterocycles. The number of hydrogen-bond donors (Lipinski definition) is 1. The molecule has 0 amide bonds. The third kappa shape index (κ3) is 2.63. The minimum atomic E-state index is 0.380. The van der Waals surface area contributed by atoms with Crippen LogP contribution in [0.5, 0.6) is 0 Å². The van der Waals surface area contributed by atoms with E-state index in [2.05, 4.69) is 6.58 Å². The lowest BCUT2D eigenvalue weighted by molar-refractivity contribution is 0.117. The van der Waals surface area contributed by atoms with E-state index < -0.39 is 0 Å². The van der Waals surface area contributed by atoms with E-state index in [-0.39, 0.29) is 0 Å². The smallest absolute Gasteiger partial charge is 0.0102 e. The molecule has 0 bridgehead atoms. The van der Waals surface area contributed by atoms with Crippen molar-refractivity contribution < 1.29 is 0 Å². The molecule has 4 unspecified atom stereocenters. The molecule has 86 valence electrons. The van der Waals surface area contributed by atoms with Crippen LogP contribution in [0.4, 0.5) is 0 Å². The van der Waals surface area contributed by atoms with E-state index in [0.29, 0.717) is 6.04 Å². The Morgan fingerprint density at radius 3 is 2.60 bits per heavy atom. The zero-order valence-electron chi connectivity index (χ0n) is 9.83. The van der Waals surface area contributed by atoms with Gasteiger partial charge in [-0.05, 0) is 43.4 Å². The summed E-state index contributed by atoms with van der Waals surface area (Å²) in [4.78, 5) is 0. The molecule has 2 saturated carbocycles. The van der Waals surface area contributed by atoms with Crippen LogP contribution in [0.15, 0.2) is 12.7 Å². The van der Waals surface area contributed by atoms with Crippen molar-refractivity contribution in [2.75, 3.05) is 0 Å². The summed E-state index contributed by atoms with van der Waals surface area (Å²) in [6, 6.07) is 0.380. The summed E-state index contributed by atoms with van der Waals surface area (Å²) >= 11 is 0. The van der Waals surface area contributed by atoms with Crippen LogP contribution in [0.3, 0.4) is 0 Å². The second-order valence-electron chi connectivity index (χ2n) is 5.57. The fourth-order valence-electron chi connectivity index (χ4n) is 3.68. The standard InChI is InChI=1S/C14H25N/c1-2-5-14(15)13-9-8-11-6-3-4-7-12(11)10-13/h2,11-14H,1,3-10,15H2. The van der Waals surface area contributed by atoms with Crippen molar-refractivity contribution in [1.29, 1.82) is 0 Å². The SMILES string of the molecule is C=CCC(N)C1CCC2CCCCC2C1. The number of hydrogen-bond acceptors (Lipinski definition) is 1. The van der Waals surface area contributed by atoms with E-state index in [1.807, 2.05) is 6.08 Å². The van der Waals surface area contributed by atoms with Gasteiger partial charge in [0, 0.05) is 6.04 Å². The molecule has 1 heteroatoms. The van der Waals surface area contributed by atoms with Crippen molar-refractivity contribution in [2.45, 2.75) is 57.4 Å². The lowest BCUT2D eigenvalue weighted by atomic mass is 9.66. The highest BCUT2D eigenvalue weighted by molar-refractivity contribution is 4.89. The molecule has 0 aromatic carbocycles. The Balaban J connectivity index is 1.87. The van der Waals surface area contributed by atoms with E-state index >= 15 is 0 Å². The molecule has 0 saturated heterocycles. The molecule has 0 heterocycles. The van der Waals surface area contributed by atoms with Crippen molar-refractivity contribution >= 4 is 0 Å². The van der Waals surface area contributed by atoms with Gasteiger partial charge in [-0.3, -0.25) is 0 Å². The first-order chi connectivity index (χ1) is 7.31. The molecule has 1 nitrogen and oxygen atoms in total. The van der Waals surface area contributed by atoms with Crippen LogP contribution in [0.1, 0.15) is 51.4 Å². The Morgan fingerprint density at radius 2 is 1.87 bits per heavy atom. The second kappa shape index (κ2) is 5.16. The molecule has 2 rings (SSSR count). The Morgan fingerprint density at radius 1 is 1.13 bits per heavy atom. The maximum atomic E-state index is 6.21.